The Morgan fingerprint density at radius 3 is 2.50 bits per heavy atom. The van der Waals surface area contributed by atoms with Gasteiger partial charge in [0, 0.05) is 12.5 Å². The van der Waals surface area contributed by atoms with Crippen molar-refractivity contribution in [1.29, 1.82) is 0 Å². The number of carbonyl (C=O) groups excluding carboxylic acids is 1. The highest BCUT2D eigenvalue weighted by atomic mass is 16.4. The first-order valence-corrected chi connectivity index (χ1v) is 6.87. The lowest BCUT2D eigenvalue weighted by atomic mass is 10.0. The van der Waals surface area contributed by atoms with Gasteiger partial charge < -0.3 is 16.2 Å². The maximum atomic E-state index is 11.9. The fourth-order valence-corrected chi connectivity index (χ4v) is 1.94. The maximum absolute atomic E-state index is 11.9. The van der Waals surface area contributed by atoms with Crippen molar-refractivity contribution in [1.82, 2.24) is 5.32 Å². The summed E-state index contributed by atoms with van der Waals surface area (Å²) in [6, 6.07) is 8.04. The molecule has 0 heterocycles. The van der Waals surface area contributed by atoms with Gasteiger partial charge in [-0.15, -0.1) is 0 Å². The van der Waals surface area contributed by atoms with Crippen LogP contribution in [-0.2, 0) is 9.59 Å². The zero-order valence-electron chi connectivity index (χ0n) is 11.7. The number of nitrogens with one attached hydrogen (secondary N) is 1. The molecular formula is C15H22N2O3. The summed E-state index contributed by atoms with van der Waals surface area (Å²) in [6.45, 7) is 1.98. The number of amides is 1. The highest BCUT2D eigenvalue weighted by Gasteiger charge is 2.20. The quantitative estimate of drug-likeness (QED) is 0.676. The number of unbranched alkanes of at least 4 members (excludes halogenated alkanes) is 1. The smallest absolute Gasteiger partial charge is 0.326 e. The van der Waals surface area contributed by atoms with Gasteiger partial charge in [-0.1, -0.05) is 50.1 Å². The van der Waals surface area contributed by atoms with Crippen LogP contribution in [-0.4, -0.2) is 23.0 Å². The highest BCUT2D eigenvalue weighted by molar-refractivity contribution is 5.83. The van der Waals surface area contributed by atoms with Crippen molar-refractivity contribution in [3.05, 3.63) is 35.9 Å². The van der Waals surface area contributed by atoms with Gasteiger partial charge in [-0.05, 0) is 12.0 Å². The lowest BCUT2D eigenvalue weighted by Crippen LogP contribution is -2.41. The molecule has 1 unspecified atom stereocenters. The minimum atomic E-state index is -1.000. The van der Waals surface area contributed by atoms with E-state index >= 15 is 0 Å². The SMILES string of the molecule is CCCC[C@H](NC(=O)CC(N)c1ccccc1)C(=O)O. The number of carboxylic acid groups (broad SMARTS) is 1. The minimum Gasteiger partial charge on any atom is -0.480 e. The fraction of sp³-hybridized carbons (Fsp3) is 0.467. The summed E-state index contributed by atoms with van der Waals surface area (Å²) in [5, 5.41) is 11.6. The number of hydrogen-bond acceptors (Lipinski definition) is 3. The normalized spacial score (nSPS) is 13.5. The van der Waals surface area contributed by atoms with Crippen LogP contribution in [0.4, 0.5) is 0 Å². The first-order chi connectivity index (χ1) is 9.54. The average Bonchev–Trinajstić information content (AvgIpc) is 2.44. The molecule has 4 N–H and O–H groups in total. The van der Waals surface area contributed by atoms with Gasteiger partial charge in [0.15, 0.2) is 0 Å². The lowest BCUT2D eigenvalue weighted by Gasteiger charge is -2.16. The van der Waals surface area contributed by atoms with Crippen LogP contribution in [0.1, 0.15) is 44.2 Å². The highest BCUT2D eigenvalue weighted by Crippen LogP contribution is 2.13. The number of benzene rings is 1. The Morgan fingerprint density at radius 2 is 1.95 bits per heavy atom. The Bertz CT molecular complexity index is 434. The number of aliphatic carboxylic acids is 1. The molecule has 5 heteroatoms. The molecule has 1 aromatic carbocycles. The van der Waals surface area contributed by atoms with E-state index in [1.165, 1.54) is 0 Å². The summed E-state index contributed by atoms with van der Waals surface area (Å²) < 4.78 is 0. The Morgan fingerprint density at radius 1 is 1.30 bits per heavy atom. The van der Waals surface area contributed by atoms with E-state index in [1.807, 2.05) is 37.3 Å². The molecule has 0 aromatic heterocycles. The molecule has 0 radical (unpaired) electrons. The molecular weight excluding hydrogens is 256 g/mol. The van der Waals surface area contributed by atoms with Crippen molar-refractivity contribution in [3.63, 3.8) is 0 Å². The van der Waals surface area contributed by atoms with Gasteiger partial charge in [0.2, 0.25) is 5.91 Å². The molecule has 110 valence electrons. The molecule has 0 spiro atoms. The Labute approximate surface area is 119 Å². The van der Waals surface area contributed by atoms with Gasteiger partial charge in [-0.25, -0.2) is 4.79 Å². The van der Waals surface area contributed by atoms with Gasteiger partial charge >= 0.3 is 5.97 Å². The predicted molar refractivity (Wildman–Crippen MR) is 77.1 cm³/mol. The first-order valence-electron chi connectivity index (χ1n) is 6.87. The second kappa shape index (κ2) is 8.32. The molecule has 0 bridgehead atoms. The van der Waals surface area contributed by atoms with Crippen molar-refractivity contribution in [2.75, 3.05) is 0 Å². The molecule has 1 aromatic rings. The Balaban J connectivity index is 2.51. The Hall–Kier alpha value is -1.88. The summed E-state index contributed by atoms with van der Waals surface area (Å²) in [4.78, 5) is 22.9. The number of carboxylic acids is 1. The van der Waals surface area contributed by atoms with E-state index < -0.39 is 18.1 Å². The minimum absolute atomic E-state index is 0.0833. The van der Waals surface area contributed by atoms with E-state index in [1.54, 1.807) is 0 Å². The van der Waals surface area contributed by atoms with Crippen molar-refractivity contribution in [2.24, 2.45) is 5.73 Å². The number of hydrogen-bond donors (Lipinski definition) is 3. The molecule has 0 saturated carbocycles. The standard InChI is InChI=1S/C15H22N2O3/c1-2-3-9-13(15(19)20)17-14(18)10-12(16)11-7-5-4-6-8-11/h4-8,12-13H,2-3,9-10,16H2,1H3,(H,17,18)(H,19,20)/t12?,13-/m0/s1. The monoisotopic (exact) mass is 278 g/mol. The third kappa shape index (κ3) is 5.40. The van der Waals surface area contributed by atoms with Crippen LogP contribution in [0.3, 0.4) is 0 Å². The predicted octanol–water partition coefficient (Wildman–Crippen LogP) is 1.84. The van der Waals surface area contributed by atoms with E-state index in [2.05, 4.69) is 5.32 Å². The van der Waals surface area contributed by atoms with Crippen molar-refractivity contribution < 1.29 is 14.7 Å². The van der Waals surface area contributed by atoms with Crippen molar-refractivity contribution >= 4 is 11.9 Å². The van der Waals surface area contributed by atoms with Crippen LogP contribution in [0.5, 0.6) is 0 Å². The van der Waals surface area contributed by atoms with Crippen LogP contribution < -0.4 is 11.1 Å². The molecule has 20 heavy (non-hydrogen) atoms. The van der Waals surface area contributed by atoms with Crippen molar-refractivity contribution in [3.8, 4) is 0 Å². The van der Waals surface area contributed by atoms with E-state index in [0.717, 1.165) is 18.4 Å². The maximum Gasteiger partial charge on any atom is 0.326 e. The van der Waals surface area contributed by atoms with Gasteiger partial charge in [0.1, 0.15) is 6.04 Å². The van der Waals surface area contributed by atoms with Gasteiger partial charge in [-0.3, -0.25) is 4.79 Å². The molecule has 5 nitrogen and oxygen atoms in total. The summed E-state index contributed by atoms with van der Waals surface area (Å²) in [5.41, 5.74) is 6.80. The largest absolute Gasteiger partial charge is 0.480 e. The molecule has 0 fully saturated rings. The number of nitrogens with two attached hydrogens (primary N) is 1. The number of rotatable bonds is 8. The van der Waals surface area contributed by atoms with E-state index in [4.69, 9.17) is 10.8 Å². The second-order valence-electron chi connectivity index (χ2n) is 4.82. The second-order valence-corrected chi connectivity index (χ2v) is 4.82. The number of carbonyl (C=O) groups is 2. The van der Waals surface area contributed by atoms with E-state index in [-0.39, 0.29) is 12.3 Å². The van der Waals surface area contributed by atoms with Gasteiger partial charge in [0.05, 0.1) is 0 Å². The zero-order valence-corrected chi connectivity index (χ0v) is 11.7. The summed E-state index contributed by atoms with van der Waals surface area (Å²) >= 11 is 0. The molecule has 0 aliphatic rings. The molecule has 0 aliphatic carbocycles. The third-order valence-electron chi connectivity index (χ3n) is 3.11. The summed E-state index contributed by atoms with van der Waals surface area (Å²) in [7, 11) is 0. The van der Waals surface area contributed by atoms with E-state index in [9.17, 15) is 9.59 Å². The molecule has 0 saturated heterocycles. The average molecular weight is 278 g/mol. The molecule has 2 atom stereocenters. The van der Waals surface area contributed by atoms with Crippen LogP contribution in [0.25, 0.3) is 0 Å². The van der Waals surface area contributed by atoms with E-state index in [0.29, 0.717) is 6.42 Å². The van der Waals surface area contributed by atoms with Crippen LogP contribution in [0, 0.1) is 0 Å². The van der Waals surface area contributed by atoms with Crippen LogP contribution >= 0.6 is 0 Å². The topological polar surface area (TPSA) is 92.4 Å². The zero-order chi connectivity index (χ0) is 15.0. The molecule has 0 aliphatic heterocycles. The van der Waals surface area contributed by atoms with Gasteiger partial charge in [0.25, 0.3) is 0 Å². The summed E-state index contributed by atoms with van der Waals surface area (Å²) in [5.74, 6) is -1.33. The van der Waals surface area contributed by atoms with Crippen LogP contribution in [0.2, 0.25) is 0 Å². The fourth-order valence-electron chi connectivity index (χ4n) is 1.94. The molecule has 1 rings (SSSR count). The molecule has 1 amide bonds. The summed E-state index contributed by atoms with van der Waals surface area (Å²) in [6.07, 6.45) is 2.18. The lowest BCUT2D eigenvalue weighted by molar-refractivity contribution is -0.142. The van der Waals surface area contributed by atoms with Crippen LogP contribution in [0.15, 0.2) is 30.3 Å². The Kier molecular flexibility index (Phi) is 6.73. The third-order valence-corrected chi connectivity index (χ3v) is 3.11. The van der Waals surface area contributed by atoms with Gasteiger partial charge in [-0.2, -0.15) is 0 Å². The first kappa shape index (κ1) is 16.2. The van der Waals surface area contributed by atoms with Crippen molar-refractivity contribution in [2.45, 2.75) is 44.7 Å².